The number of anilines is 1. The number of rotatable bonds is 4. The van der Waals surface area contributed by atoms with Crippen molar-refractivity contribution >= 4 is 28.7 Å². The largest absolute Gasteiger partial charge is 0.493 e. The number of hydrogen-bond acceptors (Lipinski definition) is 4. The maximum absolute atomic E-state index is 5.33. The van der Waals surface area contributed by atoms with Crippen LogP contribution in [0, 0.1) is 11.3 Å². The Bertz CT molecular complexity index is 629. The van der Waals surface area contributed by atoms with Crippen LogP contribution >= 0.6 is 12.2 Å². The van der Waals surface area contributed by atoms with Crippen LogP contribution in [0.5, 0.6) is 11.5 Å². The fourth-order valence-electron chi connectivity index (χ4n) is 3.40. The van der Waals surface area contributed by atoms with E-state index >= 15 is 0 Å². The average molecular weight is 350 g/mol. The highest BCUT2D eigenvalue weighted by Crippen LogP contribution is 2.36. The molecule has 1 aromatic rings. The fraction of sp³-hybridized carbons (Fsp3) is 0.556. The number of methoxy groups -OCH3 is 2. The molecule has 2 N–H and O–H groups in total. The van der Waals surface area contributed by atoms with Gasteiger partial charge in [0, 0.05) is 17.5 Å². The van der Waals surface area contributed by atoms with E-state index in [9.17, 15) is 0 Å². The minimum absolute atomic E-state index is 0.302. The molecule has 0 saturated heterocycles. The molecule has 6 heteroatoms. The highest BCUT2D eigenvalue weighted by Gasteiger charge is 2.29. The first kappa shape index (κ1) is 18.5. The molecule has 0 amide bonds. The summed E-state index contributed by atoms with van der Waals surface area (Å²) < 4.78 is 10.5. The summed E-state index contributed by atoms with van der Waals surface area (Å²) in [5.41, 5.74) is 5.26. The van der Waals surface area contributed by atoms with Gasteiger partial charge in [-0.1, -0.05) is 20.8 Å². The summed E-state index contributed by atoms with van der Waals surface area (Å²) in [4.78, 5) is 0. The predicted molar refractivity (Wildman–Crippen MR) is 103 cm³/mol. The summed E-state index contributed by atoms with van der Waals surface area (Å²) in [7, 11) is 3.22. The third kappa shape index (κ3) is 5.09. The van der Waals surface area contributed by atoms with Crippen LogP contribution in [-0.2, 0) is 0 Å². The van der Waals surface area contributed by atoms with Crippen LogP contribution in [0.2, 0.25) is 0 Å². The molecular formula is C18H27N3O2S. The Morgan fingerprint density at radius 1 is 1.25 bits per heavy atom. The van der Waals surface area contributed by atoms with Crippen molar-refractivity contribution in [1.29, 1.82) is 0 Å². The van der Waals surface area contributed by atoms with Crippen molar-refractivity contribution in [2.24, 2.45) is 16.4 Å². The Morgan fingerprint density at radius 3 is 2.58 bits per heavy atom. The first-order valence-corrected chi connectivity index (χ1v) is 8.58. The molecule has 1 aliphatic carbocycles. The van der Waals surface area contributed by atoms with Gasteiger partial charge < -0.3 is 14.8 Å². The third-order valence-corrected chi connectivity index (χ3v) is 4.32. The lowest BCUT2D eigenvalue weighted by molar-refractivity contribution is 0.265. The average Bonchev–Trinajstić information content (AvgIpc) is 2.51. The molecule has 1 saturated carbocycles. The van der Waals surface area contributed by atoms with Crippen molar-refractivity contribution < 1.29 is 9.47 Å². The SMILES string of the molecule is COc1ccc(NC(=S)N/N=C2/C[C@@H](C)CC(C)(C)C2)cc1OC. The zero-order chi connectivity index (χ0) is 17.7. The minimum Gasteiger partial charge on any atom is -0.493 e. The van der Waals surface area contributed by atoms with Gasteiger partial charge in [0.1, 0.15) is 0 Å². The molecule has 1 aliphatic rings. The van der Waals surface area contributed by atoms with Gasteiger partial charge in [-0.25, -0.2) is 0 Å². The molecule has 24 heavy (non-hydrogen) atoms. The number of hydrogen-bond donors (Lipinski definition) is 2. The third-order valence-electron chi connectivity index (χ3n) is 4.12. The first-order chi connectivity index (χ1) is 11.3. The Morgan fingerprint density at radius 2 is 1.96 bits per heavy atom. The second-order valence-electron chi connectivity index (χ2n) is 7.17. The van der Waals surface area contributed by atoms with E-state index in [2.05, 4.69) is 36.6 Å². The summed E-state index contributed by atoms with van der Waals surface area (Å²) >= 11 is 5.33. The van der Waals surface area contributed by atoms with Crippen LogP contribution < -0.4 is 20.2 Å². The number of ether oxygens (including phenoxy) is 2. The number of nitrogens with one attached hydrogen (secondary N) is 2. The Kier molecular flexibility index (Phi) is 6.04. The highest BCUT2D eigenvalue weighted by molar-refractivity contribution is 7.80. The molecule has 2 rings (SSSR count). The van der Waals surface area contributed by atoms with Crippen molar-refractivity contribution in [3.63, 3.8) is 0 Å². The molecular weight excluding hydrogens is 322 g/mol. The summed E-state index contributed by atoms with van der Waals surface area (Å²) in [6.07, 6.45) is 3.26. The molecule has 1 aromatic carbocycles. The Balaban J connectivity index is 1.97. The quantitative estimate of drug-likeness (QED) is 0.630. The standard InChI is InChI=1S/C18H27N3O2S/c1-12-8-14(11-18(2,3)10-12)20-21-17(24)19-13-6-7-15(22-4)16(9-13)23-5/h6-7,9,12H,8,10-11H2,1-5H3,(H2,19,21,24)/b20-14-/t12-/m1/s1. The first-order valence-electron chi connectivity index (χ1n) is 8.17. The molecule has 1 atom stereocenters. The van der Waals surface area contributed by atoms with Crippen LogP contribution in [0.3, 0.4) is 0 Å². The van der Waals surface area contributed by atoms with E-state index in [1.165, 1.54) is 12.1 Å². The lowest BCUT2D eigenvalue weighted by Crippen LogP contribution is -2.31. The molecule has 0 unspecified atom stereocenters. The van der Waals surface area contributed by atoms with Gasteiger partial charge >= 0.3 is 0 Å². The zero-order valence-corrected chi connectivity index (χ0v) is 15.9. The van der Waals surface area contributed by atoms with E-state index in [-0.39, 0.29) is 0 Å². The van der Waals surface area contributed by atoms with Gasteiger partial charge in [-0.15, -0.1) is 0 Å². The van der Waals surface area contributed by atoms with Gasteiger partial charge in [-0.3, -0.25) is 5.43 Å². The van der Waals surface area contributed by atoms with Gasteiger partial charge in [0.25, 0.3) is 0 Å². The fourth-order valence-corrected chi connectivity index (χ4v) is 3.57. The van der Waals surface area contributed by atoms with E-state index in [4.69, 9.17) is 21.7 Å². The molecule has 0 bridgehead atoms. The van der Waals surface area contributed by atoms with E-state index in [0.717, 1.165) is 18.5 Å². The molecule has 5 nitrogen and oxygen atoms in total. The summed E-state index contributed by atoms with van der Waals surface area (Å²) in [6, 6.07) is 5.56. The van der Waals surface area contributed by atoms with Crippen molar-refractivity contribution in [3.8, 4) is 11.5 Å². The summed E-state index contributed by atoms with van der Waals surface area (Å²) in [5, 5.41) is 8.09. The molecule has 0 spiro atoms. The van der Waals surface area contributed by atoms with E-state index < -0.39 is 0 Å². The van der Waals surface area contributed by atoms with Gasteiger partial charge in [-0.05, 0) is 54.9 Å². The maximum atomic E-state index is 5.33. The molecule has 0 aliphatic heterocycles. The topological polar surface area (TPSA) is 54.9 Å². The molecule has 0 heterocycles. The lowest BCUT2D eigenvalue weighted by atomic mass is 9.72. The van der Waals surface area contributed by atoms with Crippen LogP contribution in [0.15, 0.2) is 23.3 Å². The van der Waals surface area contributed by atoms with E-state index in [1.54, 1.807) is 14.2 Å². The second-order valence-corrected chi connectivity index (χ2v) is 7.58. The Labute approximate surface area is 149 Å². The lowest BCUT2D eigenvalue weighted by Gasteiger charge is -2.34. The van der Waals surface area contributed by atoms with Crippen LogP contribution in [0.4, 0.5) is 5.69 Å². The molecule has 132 valence electrons. The number of benzene rings is 1. The molecule has 0 aromatic heterocycles. The van der Waals surface area contributed by atoms with Gasteiger partial charge in [0.2, 0.25) is 0 Å². The van der Waals surface area contributed by atoms with E-state index in [1.807, 2.05) is 18.2 Å². The van der Waals surface area contributed by atoms with E-state index in [0.29, 0.717) is 27.9 Å². The smallest absolute Gasteiger partial charge is 0.191 e. The van der Waals surface area contributed by atoms with Crippen LogP contribution in [-0.4, -0.2) is 25.0 Å². The number of hydrazone groups is 1. The van der Waals surface area contributed by atoms with Crippen LogP contribution in [0.1, 0.15) is 40.0 Å². The van der Waals surface area contributed by atoms with Gasteiger partial charge in [0.15, 0.2) is 16.6 Å². The minimum atomic E-state index is 0.302. The predicted octanol–water partition coefficient (Wildman–Crippen LogP) is 4.19. The highest BCUT2D eigenvalue weighted by atomic mass is 32.1. The second kappa shape index (κ2) is 7.83. The van der Waals surface area contributed by atoms with Gasteiger partial charge in [-0.2, -0.15) is 5.10 Å². The van der Waals surface area contributed by atoms with Crippen molar-refractivity contribution in [2.75, 3.05) is 19.5 Å². The summed E-state index contributed by atoms with van der Waals surface area (Å²) in [5.74, 6) is 1.99. The van der Waals surface area contributed by atoms with Crippen LogP contribution in [0.25, 0.3) is 0 Å². The van der Waals surface area contributed by atoms with Crippen molar-refractivity contribution in [1.82, 2.24) is 5.43 Å². The van der Waals surface area contributed by atoms with Gasteiger partial charge in [0.05, 0.1) is 14.2 Å². The van der Waals surface area contributed by atoms with Crippen molar-refractivity contribution in [3.05, 3.63) is 18.2 Å². The maximum Gasteiger partial charge on any atom is 0.191 e. The summed E-state index contributed by atoms with van der Waals surface area (Å²) in [6.45, 7) is 6.85. The molecule has 0 radical (unpaired) electrons. The Hall–Kier alpha value is -1.82. The number of nitrogens with zero attached hydrogens (tertiary/aromatic N) is 1. The number of thiocarbonyl (C=S) groups is 1. The van der Waals surface area contributed by atoms with Crippen molar-refractivity contribution in [2.45, 2.75) is 40.0 Å². The normalized spacial score (nSPS) is 21.2. The molecule has 1 fully saturated rings. The monoisotopic (exact) mass is 349 g/mol. The zero-order valence-electron chi connectivity index (χ0n) is 15.1.